The first kappa shape index (κ1) is 25.3. The number of likely N-dealkylation sites (tertiary alicyclic amines) is 1. The zero-order valence-electron chi connectivity index (χ0n) is 21.2. The normalized spacial score (nSPS) is 17.2. The minimum absolute atomic E-state index is 0.0350. The topological polar surface area (TPSA) is 83.2 Å². The summed E-state index contributed by atoms with van der Waals surface area (Å²) in [5.41, 5.74) is 2.70. The van der Waals surface area contributed by atoms with Crippen LogP contribution in [0, 0.1) is 13.8 Å². The number of carbonyl (C=O) groups excluding carboxylic acids is 2. The summed E-state index contributed by atoms with van der Waals surface area (Å²) < 4.78 is 11.7. The molecule has 0 aliphatic carbocycles. The van der Waals surface area contributed by atoms with Crippen molar-refractivity contribution < 1.29 is 23.8 Å². The van der Waals surface area contributed by atoms with Gasteiger partial charge in [-0.2, -0.15) is 0 Å². The van der Waals surface area contributed by atoms with Crippen LogP contribution in [0.3, 0.4) is 0 Å². The Morgan fingerprint density at radius 2 is 1.75 bits per heavy atom. The van der Waals surface area contributed by atoms with Gasteiger partial charge in [-0.25, -0.2) is 0 Å². The molecule has 2 aromatic carbocycles. The van der Waals surface area contributed by atoms with Crippen molar-refractivity contribution in [2.75, 3.05) is 27.2 Å². The van der Waals surface area contributed by atoms with Crippen LogP contribution in [0.4, 0.5) is 0 Å². The summed E-state index contributed by atoms with van der Waals surface area (Å²) in [7, 11) is 3.91. The van der Waals surface area contributed by atoms with Crippen molar-refractivity contribution in [3.05, 3.63) is 94.4 Å². The number of aliphatic hydroxyl groups excluding tert-OH is 1. The van der Waals surface area contributed by atoms with E-state index in [2.05, 4.69) is 0 Å². The van der Waals surface area contributed by atoms with Crippen LogP contribution in [-0.2, 0) is 16.2 Å². The minimum Gasteiger partial charge on any atom is -0.507 e. The Balaban J connectivity index is 1.61. The molecule has 1 aliphatic heterocycles. The summed E-state index contributed by atoms with van der Waals surface area (Å²) >= 11 is 0. The van der Waals surface area contributed by atoms with E-state index in [1.54, 1.807) is 43.3 Å². The number of aliphatic hydroxyl groups is 1. The quantitative estimate of drug-likeness (QED) is 0.263. The number of furan rings is 1. The van der Waals surface area contributed by atoms with E-state index in [1.807, 2.05) is 50.2 Å². The molecule has 1 N–H and O–H groups in total. The van der Waals surface area contributed by atoms with Crippen LogP contribution in [-0.4, -0.2) is 53.8 Å². The second-order valence-electron chi connectivity index (χ2n) is 9.34. The highest BCUT2D eigenvalue weighted by Crippen LogP contribution is 2.40. The van der Waals surface area contributed by atoms with Crippen molar-refractivity contribution in [3.63, 3.8) is 0 Å². The zero-order valence-corrected chi connectivity index (χ0v) is 21.2. The first-order valence-electron chi connectivity index (χ1n) is 12.0. The standard InChI is InChI=1S/C29H32N2O5/c1-19-8-5-6-9-22(19)18-35-23-13-11-21(12-14-23)27(32)25-26(24-15-10-20(2)36-24)31(29(34)28(25)33)17-7-16-30(3)4/h5-6,8-15,26,32H,7,16-18H2,1-4H3/b27-25+. The van der Waals surface area contributed by atoms with E-state index in [0.717, 1.165) is 17.7 Å². The number of benzene rings is 2. The maximum atomic E-state index is 13.1. The molecule has 1 aliphatic rings. The molecule has 36 heavy (non-hydrogen) atoms. The van der Waals surface area contributed by atoms with E-state index in [0.29, 0.717) is 42.4 Å². The Hall–Kier alpha value is -3.84. The molecule has 0 bridgehead atoms. The summed E-state index contributed by atoms with van der Waals surface area (Å²) in [5.74, 6) is 0.185. The summed E-state index contributed by atoms with van der Waals surface area (Å²) in [4.78, 5) is 29.6. The van der Waals surface area contributed by atoms with Gasteiger partial charge in [-0.05, 0) is 88.4 Å². The van der Waals surface area contributed by atoms with E-state index in [-0.39, 0.29) is 11.3 Å². The van der Waals surface area contributed by atoms with E-state index in [9.17, 15) is 14.7 Å². The van der Waals surface area contributed by atoms with Gasteiger partial charge in [0.2, 0.25) is 0 Å². The van der Waals surface area contributed by atoms with Crippen LogP contribution in [0.5, 0.6) is 5.75 Å². The van der Waals surface area contributed by atoms with Gasteiger partial charge in [-0.3, -0.25) is 9.59 Å². The van der Waals surface area contributed by atoms with Crippen molar-refractivity contribution in [2.45, 2.75) is 32.9 Å². The van der Waals surface area contributed by atoms with Crippen molar-refractivity contribution in [2.24, 2.45) is 0 Å². The van der Waals surface area contributed by atoms with Crippen molar-refractivity contribution in [1.29, 1.82) is 0 Å². The number of Topliss-reactive ketones (excluding diaryl/α,β-unsaturated/α-hetero) is 1. The Morgan fingerprint density at radius 1 is 1.03 bits per heavy atom. The Bertz CT molecular complexity index is 1270. The van der Waals surface area contributed by atoms with Crippen LogP contribution >= 0.6 is 0 Å². The van der Waals surface area contributed by atoms with Crippen LogP contribution in [0.25, 0.3) is 5.76 Å². The number of nitrogens with zero attached hydrogens (tertiary/aromatic N) is 2. The third kappa shape index (κ3) is 5.36. The molecule has 1 atom stereocenters. The second kappa shape index (κ2) is 10.8. The average Bonchev–Trinajstić information content (AvgIpc) is 3.39. The fraction of sp³-hybridized carbons (Fsp3) is 0.310. The van der Waals surface area contributed by atoms with Gasteiger partial charge >= 0.3 is 0 Å². The number of carbonyl (C=O) groups is 2. The number of rotatable bonds is 9. The highest BCUT2D eigenvalue weighted by Gasteiger charge is 2.47. The number of hydrogen-bond acceptors (Lipinski definition) is 6. The van der Waals surface area contributed by atoms with Gasteiger partial charge in [0, 0.05) is 12.1 Å². The molecule has 7 heteroatoms. The van der Waals surface area contributed by atoms with Gasteiger partial charge < -0.3 is 24.1 Å². The molecule has 4 rings (SSSR count). The molecule has 3 aromatic rings. The first-order valence-corrected chi connectivity index (χ1v) is 12.0. The average molecular weight is 489 g/mol. The Kier molecular flexibility index (Phi) is 7.60. The molecule has 0 spiro atoms. The number of hydrogen-bond donors (Lipinski definition) is 1. The summed E-state index contributed by atoms with van der Waals surface area (Å²) in [5, 5.41) is 11.2. The van der Waals surface area contributed by atoms with Crippen LogP contribution < -0.4 is 4.74 Å². The molecule has 2 heterocycles. The highest BCUT2D eigenvalue weighted by molar-refractivity contribution is 6.46. The number of ether oxygens (including phenoxy) is 1. The van der Waals surface area contributed by atoms with Crippen LogP contribution in [0.2, 0.25) is 0 Å². The monoisotopic (exact) mass is 488 g/mol. The minimum atomic E-state index is -0.780. The largest absolute Gasteiger partial charge is 0.507 e. The fourth-order valence-corrected chi connectivity index (χ4v) is 4.36. The van der Waals surface area contributed by atoms with Gasteiger partial charge in [0.25, 0.3) is 11.7 Å². The third-order valence-electron chi connectivity index (χ3n) is 6.36. The van der Waals surface area contributed by atoms with Crippen LogP contribution in [0.15, 0.2) is 70.7 Å². The Morgan fingerprint density at radius 3 is 2.39 bits per heavy atom. The van der Waals surface area contributed by atoms with Gasteiger partial charge in [0.05, 0.1) is 5.57 Å². The first-order chi connectivity index (χ1) is 17.3. The predicted octanol–water partition coefficient (Wildman–Crippen LogP) is 4.85. The summed E-state index contributed by atoms with van der Waals surface area (Å²) in [6.45, 7) is 5.39. The molecule has 1 amide bonds. The maximum Gasteiger partial charge on any atom is 0.295 e. The predicted molar refractivity (Wildman–Crippen MR) is 138 cm³/mol. The molecule has 188 valence electrons. The fourth-order valence-electron chi connectivity index (χ4n) is 4.36. The van der Waals surface area contributed by atoms with Gasteiger partial charge in [-0.1, -0.05) is 24.3 Å². The lowest BCUT2D eigenvalue weighted by Gasteiger charge is -2.24. The molecular formula is C29H32N2O5. The zero-order chi connectivity index (χ0) is 25.8. The van der Waals surface area contributed by atoms with E-state index in [1.165, 1.54) is 4.90 Å². The molecule has 1 fully saturated rings. The van der Waals surface area contributed by atoms with Crippen molar-refractivity contribution in [3.8, 4) is 5.75 Å². The molecule has 7 nitrogen and oxygen atoms in total. The Labute approximate surface area is 211 Å². The molecular weight excluding hydrogens is 456 g/mol. The third-order valence-corrected chi connectivity index (χ3v) is 6.36. The lowest BCUT2D eigenvalue weighted by Crippen LogP contribution is -2.32. The van der Waals surface area contributed by atoms with Gasteiger partial charge in [0.1, 0.15) is 35.7 Å². The molecule has 0 saturated carbocycles. The van der Waals surface area contributed by atoms with Gasteiger partial charge in [-0.15, -0.1) is 0 Å². The molecule has 1 unspecified atom stereocenters. The summed E-state index contributed by atoms with van der Waals surface area (Å²) in [6.07, 6.45) is 0.684. The number of amides is 1. The lowest BCUT2D eigenvalue weighted by molar-refractivity contribution is -0.140. The van der Waals surface area contributed by atoms with Crippen molar-refractivity contribution >= 4 is 17.4 Å². The number of ketones is 1. The van der Waals surface area contributed by atoms with Crippen molar-refractivity contribution in [1.82, 2.24) is 9.80 Å². The maximum absolute atomic E-state index is 13.1. The molecule has 1 saturated heterocycles. The van der Waals surface area contributed by atoms with Gasteiger partial charge in [0.15, 0.2) is 0 Å². The lowest BCUT2D eigenvalue weighted by atomic mass is 9.99. The van der Waals surface area contributed by atoms with Crippen LogP contribution in [0.1, 0.15) is 40.7 Å². The molecule has 0 radical (unpaired) electrons. The van der Waals surface area contributed by atoms with E-state index in [4.69, 9.17) is 9.15 Å². The second-order valence-corrected chi connectivity index (χ2v) is 9.34. The number of aryl methyl sites for hydroxylation is 2. The SMILES string of the molecule is Cc1ccc(C2/C(=C(\O)c3ccc(OCc4ccccc4C)cc3)C(=O)C(=O)N2CCCN(C)C)o1. The molecule has 1 aromatic heterocycles. The van der Waals surface area contributed by atoms with E-state index < -0.39 is 17.7 Å². The smallest absolute Gasteiger partial charge is 0.295 e. The van der Waals surface area contributed by atoms with E-state index >= 15 is 0 Å². The summed E-state index contributed by atoms with van der Waals surface area (Å²) in [6, 6.07) is 17.6. The highest BCUT2D eigenvalue weighted by atomic mass is 16.5.